The molecular formula is C9H13N3O. The van der Waals surface area contributed by atoms with E-state index in [0.717, 1.165) is 18.8 Å². The molecule has 70 valence electrons. The molecule has 13 heavy (non-hydrogen) atoms. The summed E-state index contributed by atoms with van der Waals surface area (Å²) in [5, 5.41) is 6.85. The molecule has 1 N–H and O–H groups in total. The number of nitrogens with one attached hydrogen (secondary N) is 1. The molecule has 2 heterocycles. The Kier molecular flexibility index (Phi) is 1.83. The Balaban J connectivity index is 2.16. The molecule has 0 aliphatic carbocycles. The van der Waals surface area contributed by atoms with Gasteiger partial charge in [-0.05, 0) is 12.0 Å². The van der Waals surface area contributed by atoms with Crippen molar-refractivity contribution in [2.24, 2.45) is 0 Å². The van der Waals surface area contributed by atoms with Crippen LogP contribution in [0.1, 0.15) is 35.9 Å². The molecule has 4 heteroatoms. The molecule has 1 aliphatic heterocycles. The molecular weight excluding hydrogens is 166 g/mol. The summed E-state index contributed by atoms with van der Waals surface area (Å²) < 4.78 is 0. The van der Waals surface area contributed by atoms with Gasteiger partial charge in [0.25, 0.3) is 5.91 Å². The average Bonchev–Trinajstić information content (AvgIpc) is 2.81. The van der Waals surface area contributed by atoms with Crippen molar-refractivity contribution in [2.45, 2.75) is 19.8 Å². The van der Waals surface area contributed by atoms with Crippen molar-refractivity contribution < 1.29 is 4.79 Å². The molecule has 4 nitrogen and oxygen atoms in total. The topological polar surface area (TPSA) is 48.8 Å². The smallest absolute Gasteiger partial charge is 0.274 e. The van der Waals surface area contributed by atoms with Crippen LogP contribution < -0.4 is 0 Å². The Morgan fingerprint density at radius 3 is 2.77 bits per heavy atom. The van der Waals surface area contributed by atoms with Gasteiger partial charge in [-0.2, -0.15) is 5.10 Å². The van der Waals surface area contributed by atoms with E-state index < -0.39 is 0 Å². The highest BCUT2D eigenvalue weighted by Gasteiger charge is 2.27. The Hall–Kier alpha value is -1.32. The number of carbonyl (C=O) groups is 1. The van der Waals surface area contributed by atoms with Crippen LogP contribution in [0.5, 0.6) is 0 Å². The summed E-state index contributed by atoms with van der Waals surface area (Å²) in [5.74, 6) is 0.436. The van der Waals surface area contributed by atoms with Crippen molar-refractivity contribution in [3.05, 3.63) is 17.5 Å². The first-order valence-electron chi connectivity index (χ1n) is 4.53. The maximum absolute atomic E-state index is 11.5. The molecule has 1 amide bonds. The van der Waals surface area contributed by atoms with Gasteiger partial charge in [-0.3, -0.25) is 9.89 Å². The lowest BCUT2D eigenvalue weighted by molar-refractivity contribution is 0.0880. The molecule has 1 aromatic heterocycles. The largest absolute Gasteiger partial charge is 0.334 e. The van der Waals surface area contributed by atoms with Gasteiger partial charge in [0.15, 0.2) is 0 Å². The molecule has 0 aromatic carbocycles. The van der Waals surface area contributed by atoms with Gasteiger partial charge in [0, 0.05) is 18.8 Å². The second-order valence-corrected chi connectivity index (χ2v) is 3.66. The number of nitrogens with zero attached hydrogens (tertiary/aromatic N) is 2. The lowest BCUT2D eigenvalue weighted by Crippen LogP contribution is -2.10. The fourth-order valence-corrected chi connectivity index (χ4v) is 1.16. The normalized spacial score (nSPS) is 15.2. The van der Waals surface area contributed by atoms with Crippen LogP contribution in [-0.2, 0) is 0 Å². The van der Waals surface area contributed by atoms with Gasteiger partial charge in [-0.15, -0.1) is 0 Å². The summed E-state index contributed by atoms with van der Waals surface area (Å²) in [7, 11) is 0. The molecule has 1 saturated heterocycles. The molecule has 2 rings (SSSR count). The lowest BCUT2D eigenvalue weighted by atomic mass is 10.1. The second-order valence-electron chi connectivity index (χ2n) is 3.66. The van der Waals surface area contributed by atoms with Gasteiger partial charge in [-0.25, -0.2) is 0 Å². The predicted molar refractivity (Wildman–Crippen MR) is 48.6 cm³/mol. The van der Waals surface area contributed by atoms with Crippen LogP contribution in [0.3, 0.4) is 0 Å². The average molecular weight is 179 g/mol. The molecule has 1 fully saturated rings. The van der Waals surface area contributed by atoms with Crippen LogP contribution in [0.2, 0.25) is 0 Å². The first kappa shape index (κ1) is 8.29. The predicted octanol–water partition coefficient (Wildman–Crippen LogP) is 0.989. The van der Waals surface area contributed by atoms with Crippen LogP contribution in [0.25, 0.3) is 0 Å². The van der Waals surface area contributed by atoms with Crippen molar-refractivity contribution in [3.63, 3.8) is 0 Å². The van der Waals surface area contributed by atoms with Crippen LogP contribution in [0.15, 0.2) is 6.07 Å². The molecule has 1 aromatic rings. The van der Waals surface area contributed by atoms with Gasteiger partial charge in [0.2, 0.25) is 0 Å². The van der Waals surface area contributed by atoms with Crippen LogP contribution in [0.4, 0.5) is 0 Å². The van der Waals surface area contributed by atoms with E-state index in [1.54, 1.807) is 4.90 Å². The first-order valence-corrected chi connectivity index (χ1v) is 4.53. The zero-order valence-corrected chi connectivity index (χ0v) is 7.87. The third kappa shape index (κ3) is 1.56. The van der Waals surface area contributed by atoms with E-state index in [2.05, 4.69) is 24.0 Å². The second kappa shape index (κ2) is 2.87. The van der Waals surface area contributed by atoms with Crippen molar-refractivity contribution in [2.75, 3.05) is 13.1 Å². The van der Waals surface area contributed by atoms with Crippen molar-refractivity contribution in [3.8, 4) is 0 Å². The maximum atomic E-state index is 11.5. The standard InChI is InChI=1S/C9H13N3O/c1-6(2)7-5-8(11-10-7)9(13)12-3-4-12/h5-6H,3-4H2,1-2H3,(H,10,11). The minimum Gasteiger partial charge on any atom is -0.334 e. The number of amides is 1. The number of carbonyl (C=O) groups excluding carboxylic acids is 1. The molecule has 0 radical (unpaired) electrons. The van der Waals surface area contributed by atoms with E-state index in [4.69, 9.17) is 0 Å². The fraction of sp³-hybridized carbons (Fsp3) is 0.556. The molecule has 0 atom stereocenters. The monoisotopic (exact) mass is 179 g/mol. The van der Waals surface area contributed by atoms with E-state index >= 15 is 0 Å². The van der Waals surface area contributed by atoms with Gasteiger partial charge in [0.05, 0.1) is 0 Å². The quantitative estimate of drug-likeness (QED) is 0.688. The number of H-pyrrole nitrogens is 1. The van der Waals surface area contributed by atoms with Gasteiger partial charge < -0.3 is 4.90 Å². The summed E-state index contributed by atoms with van der Waals surface area (Å²) in [6.07, 6.45) is 0. The van der Waals surface area contributed by atoms with Crippen LogP contribution in [0, 0.1) is 0 Å². The zero-order valence-electron chi connectivity index (χ0n) is 7.87. The minimum atomic E-state index is 0.0446. The molecule has 0 spiro atoms. The van der Waals surface area contributed by atoms with Crippen molar-refractivity contribution in [1.82, 2.24) is 15.1 Å². The van der Waals surface area contributed by atoms with Crippen molar-refractivity contribution >= 4 is 5.91 Å². The Labute approximate surface area is 76.9 Å². The first-order chi connectivity index (χ1) is 6.18. The van der Waals surface area contributed by atoms with E-state index in [1.807, 2.05) is 6.07 Å². The Morgan fingerprint density at radius 1 is 1.62 bits per heavy atom. The van der Waals surface area contributed by atoms with E-state index in [0.29, 0.717) is 11.6 Å². The van der Waals surface area contributed by atoms with E-state index in [-0.39, 0.29) is 5.91 Å². The highest BCUT2D eigenvalue weighted by atomic mass is 16.2. The molecule has 0 saturated carbocycles. The number of aromatic nitrogens is 2. The Bertz CT molecular complexity index is 325. The number of aromatic amines is 1. The summed E-state index contributed by atoms with van der Waals surface area (Å²) >= 11 is 0. The molecule has 0 unspecified atom stereocenters. The lowest BCUT2D eigenvalue weighted by Gasteiger charge is -1.96. The number of rotatable bonds is 2. The summed E-state index contributed by atoms with van der Waals surface area (Å²) in [4.78, 5) is 13.3. The Morgan fingerprint density at radius 2 is 2.31 bits per heavy atom. The summed E-state index contributed by atoms with van der Waals surface area (Å²) in [6, 6.07) is 1.84. The maximum Gasteiger partial charge on any atom is 0.274 e. The minimum absolute atomic E-state index is 0.0446. The number of hydrogen-bond acceptors (Lipinski definition) is 2. The summed E-state index contributed by atoms with van der Waals surface area (Å²) in [6.45, 7) is 5.89. The van der Waals surface area contributed by atoms with Crippen molar-refractivity contribution in [1.29, 1.82) is 0 Å². The highest BCUT2D eigenvalue weighted by Crippen LogP contribution is 2.15. The molecule has 0 bridgehead atoms. The zero-order chi connectivity index (χ0) is 9.42. The van der Waals surface area contributed by atoms with E-state index in [9.17, 15) is 4.79 Å². The summed E-state index contributed by atoms with van der Waals surface area (Å²) in [5.41, 5.74) is 1.56. The number of hydrogen-bond donors (Lipinski definition) is 1. The van der Waals surface area contributed by atoms with Gasteiger partial charge in [0.1, 0.15) is 5.69 Å². The van der Waals surface area contributed by atoms with Crippen LogP contribution >= 0.6 is 0 Å². The third-order valence-electron chi connectivity index (χ3n) is 2.17. The van der Waals surface area contributed by atoms with Crippen LogP contribution in [-0.4, -0.2) is 34.1 Å². The molecule has 1 aliphatic rings. The van der Waals surface area contributed by atoms with E-state index in [1.165, 1.54) is 0 Å². The SMILES string of the molecule is CC(C)c1cc(C(=O)N2CC2)n[nH]1. The fourth-order valence-electron chi connectivity index (χ4n) is 1.16. The van der Waals surface area contributed by atoms with Gasteiger partial charge in [-0.1, -0.05) is 13.8 Å². The van der Waals surface area contributed by atoms with Gasteiger partial charge >= 0.3 is 0 Å². The third-order valence-corrected chi connectivity index (χ3v) is 2.17. The highest BCUT2D eigenvalue weighted by molar-refractivity contribution is 5.93.